The SMILES string of the molecule is O=C(/C=C/c1csc(-c2ccc(F)cc2)n1)NCc1csc(-c2ccccc2)n1. The average Bonchev–Trinajstić information content (AvgIpc) is 3.42. The van der Waals surface area contributed by atoms with E-state index in [-0.39, 0.29) is 11.7 Å². The number of aromatic nitrogens is 2. The van der Waals surface area contributed by atoms with Crippen LogP contribution in [0.3, 0.4) is 0 Å². The fourth-order valence-corrected chi connectivity index (χ4v) is 4.21. The number of carbonyl (C=O) groups is 1. The summed E-state index contributed by atoms with van der Waals surface area (Å²) in [5.41, 5.74) is 3.42. The predicted molar refractivity (Wildman–Crippen MR) is 116 cm³/mol. The van der Waals surface area contributed by atoms with E-state index < -0.39 is 0 Å². The molecule has 4 rings (SSSR count). The third kappa shape index (κ3) is 5.01. The third-order valence-electron chi connectivity index (χ3n) is 4.03. The van der Waals surface area contributed by atoms with Crippen LogP contribution in [-0.2, 0) is 11.3 Å². The van der Waals surface area contributed by atoms with E-state index in [1.807, 2.05) is 41.1 Å². The minimum absolute atomic E-state index is 0.212. The second-order valence-electron chi connectivity index (χ2n) is 6.15. The van der Waals surface area contributed by atoms with Gasteiger partial charge < -0.3 is 5.32 Å². The summed E-state index contributed by atoms with van der Waals surface area (Å²) in [4.78, 5) is 21.1. The highest BCUT2D eigenvalue weighted by Gasteiger charge is 2.06. The summed E-state index contributed by atoms with van der Waals surface area (Å²) >= 11 is 3.00. The Morgan fingerprint density at radius 2 is 1.62 bits per heavy atom. The largest absolute Gasteiger partial charge is 0.347 e. The molecule has 0 radical (unpaired) electrons. The maximum Gasteiger partial charge on any atom is 0.244 e. The van der Waals surface area contributed by atoms with Crippen molar-refractivity contribution in [1.29, 1.82) is 0 Å². The highest BCUT2D eigenvalue weighted by molar-refractivity contribution is 7.13. The molecule has 29 heavy (non-hydrogen) atoms. The third-order valence-corrected chi connectivity index (χ3v) is 5.88. The molecule has 2 aromatic carbocycles. The first-order valence-electron chi connectivity index (χ1n) is 8.84. The molecule has 1 N–H and O–H groups in total. The second-order valence-corrected chi connectivity index (χ2v) is 7.86. The summed E-state index contributed by atoms with van der Waals surface area (Å²) in [5.74, 6) is -0.492. The van der Waals surface area contributed by atoms with Crippen LogP contribution in [0.2, 0.25) is 0 Å². The molecule has 0 unspecified atom stereocenters. The van der Waals surface area contributed by atoms with Crippen LogP contribution in [0.4, 0.5) is 4.39 Å². The van der Waals surface area contributed by atoms with Crippen molar-refractivity contribution in [2.75, 3.05) is 0 Å². The summed E-state index contributed by atoms with van der Waals surface area (Å²) in [6.07, 6.45) is 3.11. The molecule has 0 bridgehead atoms. The number of hydrogen-bond acceptors (Lipinski definition) is 5. The first-order chi connectivity index (χ1) is 14.2. The molecule has 0 aliphatic heterocycles. The minimum Gasteiger partial charge on any atom is -0.347 e. The second kappa shape index (κ2) is 8.89. The Morgan fingerprint density at radius 1 is 0.931 bits per heavy atom. The number of nitrogens with one attached hydrogen (secondary N) is 1. The van der Waals surface area contributed by atoms with Crippen LogP contribution in [0.1, 0.15) is 11.4 Å². The zero-order valence-corrected chi connectivity index (χ0v) is 16.8. The van der Waals surface area contributed by atoms with E-state index in [2.05, 4.69) is 15.3 Å². The molecule has 144 valence electrons. The molecule has 0 aliphatic rings. The number of carbonyl (C=O) groups excluding carboxylic acids is 1. The van der Waals surface area contributed by atoms with Crippen LogP contribution in [0.25, 0.3) is 27.2 Å². The zero-order valence-electron chi connectivity index (χ0n) is 15.2. The van der Waals surface area contributed by atoms with E-state index in [0.717, 1.165) is 26.8 Å². The molecule has 7 heteroatoms. The lowest BCUT2D eigenvalue weighted by atomic mass is 10.2. The molecule has 0 atom stereocenters. The quantitative estimate of drug-likeness (QED) is 0.424. The van der Waals surface area contributed by atoms with Gasteiger partial charge in [0.15, 0.2) is 0 Å². The highest BCUT2D eigenvalue weighted by atomic mass is 32.1. The van der Waals surface area contributed by atoms with E-state index in [9.17, 15) is 9.18 Å². The van der Waals surface area contributed by atoms with E-state index in [1.165, 1.54) is 29.5 Å². The number of nitrogens with zero attached hydrogens (tertiary/aromatic N) is 2. The number of amides is 1. The molecular formula is C22H16FN3OS2. The minimum atomic E-state index is -0.280. The maximum atomic E-state index is 13.0. The molecule has 4 nitrogen and oxygen atoms in total. The molecule has 2 heterocycles. The van der Waals surface area contributed by atoms with Crippen LogP contribution in [0.5, 0.6) is 0 Å². The standard InChI is InChI=1S/C22H16FN3OS2/c23-17-8-6-16(7-9-17)22-25-18(13-28-22)10-11-20(27)24-12-19-14-29-21(26-19)15-4-2-1-3-5-15/h1-11,13-14H,12H2,(H,24,27)/b11-10+. The molecule has 4 aromatic rings. The number of thiazole rings is 2. The van der Waals surface area contributed by atoms with Gasteiger partial charge in [0, 0.05) is 28.0 Å². The normalized spacial score (nSPS) is 11.1. The Kier molecular flexibility index (Phi) is 5.88. The van der Waals surface area contributed by atoms with Crippen molar-refractivity contribution < 1.29 is 9.18 Å². The van der Waals surface area contributed by atoms with E-state index in [1.54, 1.807) is 29.5 Å². The molecule has 0 aliphatic carbocycles. The molecule has 1 amide bonds. The van der Waals surface area contributed by atoms with Gasteiger partial charge in [-0.15, -0.1) is 22.7 Å². The number of halogens is 1. The maximum absolute atomic E-state index is 13.0. The summed E-state index contributed by atoms with van der Waals surface area (Å²) in [6.45, 7) is 0.365. The summed E-state index contributed by atoms with van der Waals surface area (Å²) in [7, 11) is 0. The van der Waals surface area contributed by atoms with Gasteiger partial charge in [0.2, 0.25) is 5.91 Å². The van der Waals surface area contributed by atoms with Crippen LogP contribution >= 0.6 is 22.7 Å². The van der Waals surface area contributed by atoms with Gasteiger partial charge in [-0.25, -0.2) is 14.4 Å². The number of benzene rings is 2. The number of hydrogen-bond donors (Lipinski definition) is 1. The lowest BCUT2D eigenvalue weighted by molar-refractivity contribution is -0.116. The van der Waals surface area contributed by atoms with Gasteiger partial charge in [0.05, 0.1) is 17.9 Å². The zero-order chi connectivity index (χ0) is 20.1. The van der Waals surface area contributed by atoms with E-state index in [4.69, 9.17) is 0 Å². The molecule has 0 spiro atoms. The molecule has 0 saturated carbocycles. The van der Waals surface area contributed by atoms with Crippen molar-refractivity contribution in [2.45, 2.75) is 6.54 Å². The van der Waals surface area contributed by atoms with Gasteiger partial charge in [-0.2, -0.15) is 0 Å². The molecular weight excluding hydrogens is 405 g/mol. The lowest BCUT2D eigenvalue weighted by Gasteiger charge is -1.98. The Balaban J connectivity index is 1.33. The molecule has 2 aromatic heterocycles. The topological polar surface area (TPSA) is 54.9 Å². The van der Waals surface area contributed by atoms with Gasteiger partial charge in [-0.1, -0.05) is 30.3 Å². The predicted octanol–water partition coefficient (Wildman–Crippen LogP) is 5.40. The van der Waals surface area contributed by atoms with Gasteiger partial charge >= 0.3 is 0 Å². The van der Waals surface area contributed by atoms with Crippen molar-refractivity contribution >= 4 is 34.7 Å². The lowest BCUT2D eigenvalue weighted by Crippen LogP contribution is -2.20. The van der Waals surface area contributed by atoms with Crippen molar-refractivity contribution in [1.82, 2.24) is 15.3 Å². The molecule has 0 fully saturated rings. The van der Waals surface area contributed by atoms with Gasteiger partial charge in [0.25, 0.3) is 0 Å². The van der Waals surface area contributed by atoms with Gasteiger partial charge in [0.1, 0.15) is 15.8 Å². The average molecular weight is 422 g/mol. The monoisotopic (exact) mass is 421 g/mol. The van der Waals surface area contributed by atoms with Crippen molar-refractivity contribution in [3.05, 3.63) is 88.6 Å². The summed E-state index contributed by atoms with van der Waals surface area (Å²) < 4.78 is 13.0. The van der Waals surface area contributed by atoms with Crippen molar-refractivity contribution in [3.8, 4) is 21.1 Å². The Bertz CT molecular complexity index is 1130. The van der Waals surface area contributed by atoms with E-state index in [0.29, 0.717) is 12.2 Å². The smallest absolute Gasteiger partial charge is 0.244 e. The van der Waals surface area contributed by atoms with Crippen LogP contribution in [-0.4, -0.2) is 15.9 Å². The number of rotatable bonds is 6. The first-order valence-corrected chi connectivity index (χ1v) is 10.6. The Labute approximate surface area is 175 Å². The molecule has 0 saturated heterocycles. The van der Waals surface area contributed by atoms with Crippen LogP contribution < -0.4 is 5.32 Å². The summed E-state index contributed by atoms with van der Waals surface area (Å²) in [5, 5.41) is 8.34. The fraction of sp³-hybridized carbons (Fsp3) is 0.0455. The van der Waals surface area contributed by atoms with Crippen molar-refractivity contribution in [3.63, 3.8) is 0 Å². The van der Waals surface area contributed by atoms with Crippen LogP contribution in [0.15, 0.2) is 71.4 Å². The first kappa shape index (κ1) is 19.2. The van der Waals surface area contributed by atoms with E-state index >= 15 is 0 Å². The Morgan fingerprint density at radius 3 is 2.41 bits per heavy atom. The van der Waals surface area contributed by atoms with Gasteiger partial charge in [-0.05, 0) is 30.3 Å². The fourth-order valence-electron chi connectivity index (χ4n) is 2.59. The highest BCUT2D eigenvalue weighted by Crippen LogP contribution is 2.25. The van der Waals surface area contributed by atoms with Crippen molar-refractivity contribution in [2.24, 2.45) is 0 Å². The summed E-state index contributed by atoms with van der Waals surface area (Å²) in [6, 6.07) is 16.1. The van der Waals surface area contributed by atoms with Gasteiger partial charge in [-0.3, -0.25) is 4.79 Å². The Hall–Kier alpha value is -3.16. The van der Waals surface area contributed by atoms with Crippen LogP contribution in [0, 0.1) is 5.82 Å².